The number of hydrogen-bond donors (Lipinski definition) is 1. The van der Waals surface area contributed by atoms with Crippen LogP contribution in [0.1, 0.15) is 48.8 Å². The minimum absolute atomic E-state index is 0.322. The van der Waals surface area contributed by atoms with E-state index in [1.165, 1.54) is 0 Å². The molecular weight excluding hydrogens is 290 g/mol. The fraction of sp³-hybridized carbons (Fsp3) is 0.400. The maximum atomic E-state index is 12.3. The maximum absolute atomic E-state index is 12.3. The second-order valence-corrected chi connectivity index (χ2v) is 5.53. The minimum Gasteiger partial charge on any atom is -0.465 e. The Labute approximate surface area is 127 Å². The van der Waals surface area contributed by atoms with Gasteiger partial charge in [0.25, 0.3) is 0 Å². The Hall–Kier alpha value is -1.88. The van der Waals surface area contributed by atoms with Gasteiger partial charge in [0.05, 0.1) is 6.61 Å². The second-order valence-electron chi connectivity index (χ2n) is 5.09. The Morgan fingerprint density at radius 1 is 1.43 bits per heavy atom. The normalized spacial score (nSPS) is 15.7. The van der Waals surface area contributed by atoms with Gasteiger partial charge in [0, 0.05) is 10.9 Å². The standard InChI is InChI=1S/C15H16ClN3O2/c1-2-21-15(20)12(9-5-7-11(16)8-6-9)14-17-13(18-19-14)10-3-4-10/h5-8,10,12H,2-4H2,1H3,(H,17,18,19). The summed E-state index contributed by atoms with van der Waals surface area (Å²) in [4.78, 5) is 16.7. The van der Waals surface area contributed by atoms with Gasteiger partial charge >= 0.3 is 5.97 Å². The average molecular weight is 306 g/mol. The summed E-state index contributed by atoms with van der Waals surface area (Å²) < 4.78 is 5.16. The van der Waals surface area contributed by atoms with Crippen LogP contribution in [-0.4, -0.2) is 27.8 Å². The van der Waals surface area contributed by atoms with Gasteiger partial charge in [-0.05, 0) is 37.5 Å². The first-order chi connectivity index (χ1) is 10.2. The SMILES string of the molecule is CCOC(=O)C(c1ccc(Cl)cc1)c1n[nH]c(C2CC2)n1. The summed E-state index contributed by atoms with van der Waals surface area (Å²) in [5.41, 5.74) is 0.777. The van der Waals surface area contributed by atoms with E-state index in [9.17, 15) is 4.79 Å². The van der Waals surface area contributed by atoms with Crippen molar-refractivity contribution in [2.24, 2.45) is 0 Å². The van der Waals surface area contributed by atoms with Gasteiger partial charge in [0.2, 0.25) is 0 Å². The molecule has 21 heavy (non-hydrogen) atoms. The molecule has 1 atom stereocenters. The molecule has 1 aliphatic rings. The molecule has 1 unspecified atom stereocenters. The number of benzene rings is 1. The summed E-state index contributed by atoms with van der Waals surface area (Å²) in [6, 6.07) is 7.10. The van der Waals surface area contributed by atoms with Crippen molar-refractivity contribution in [3.8, 4) is 0 Å². The average Bonchev–Trinajstić information content (AvgIpc) is 3.21. The van der Waals surface area contributed by atoms with E-state index in [1.54, 1.807) is 31.2 Å². The van der Waals surface area contributed by atoms with Gasteiger partial charge < -0.3 is 4.74 Å². The number of rotatable bonds is 5. The van der Waals surface area contributed by atoms with Crippen molar-refractivity contribution in [1.29, 1.82) is 0 Å². The number of carbonyl (C=O) groups excluding carboxylic acids is 1. The molecule has 1 N–H and O–H groups in total. The number of nitrogens with zero attached hydrogens (tertiary/aromatic N) is 2. The van der Waals surface area contributed by atoms with Crippen LogP contribution in [0, 0.1) is 0 Å². The quantitative estimate of drug-likeness (QED) is 0.862. The van der Waals surface area contributed by atoms with Gasteiger partial charge in [-0.25, -0.2) is 4.98 Å². The van der Waals surface area contributed by atoms with Gasteiger partial charge in [-0.1, -0.05) is 23.7 Å². The van der Waals surface area contributed by atoms with Gasteiger partial charge in [0.15, 0.2) is 5.82 Å². The molecule has 0 aliphatic heterocycles. The Morgan fingerprint density at radius 3 is 2.76 bits per heavy atom. The predicted octanol–water partition coefficient (Wildman–Crippen LogP) is 3.03. The molecule has 1 fully saturated rings. The zero-order chi connectivity index (χ0) is 14.8. The monoisotopic (exact) mass is 305 g/mol. The lowest BCUT2D eigenvalue weighted by Gasteiger charge is -2.12. The molecule has 110 valence electrons. The smallest absolute Gasteiger partial charge is 0.321 e. The topological polar surface area (TPSA) is 67.9 Å². The van der Waals surface area contributed by atoms with Crippen molar-refractivity contribution < 1.29 is 9.53 Å². The van der Waals surface area contributed by atoms with E-state index in [2.05, 4.69) is 15.2 Å². The highest BCUT2D eigenvalue weighted by molar-refractivity contribution is 6.30. The Bertz CT molecular complexity index is 635. The number of nitrogens with one attached hydrogen (secondary N) is 1. The van der Waals surface area contributed by atoms with Crippen LogP contribution in [0.3, 0.4) is 0 Å². The minimum atomic E-state index is -0.619. The van der Waals surface area contributed by atoms with Gasteiger partial charge in [-0.15, -0.1) is 0 Å². The number of carbonyl (C=O) groups is 1. The molecule has 1 aliphatic carbocycles. The fourth-order valence-corrected chi connectivity index (χ4v) is 2.35. The summed E-state index contributed by atoms with van der Waals surface area (Å²) in [6.07, 6.45) is 2.25. The first-order valence-electron chi connectivity index (χ1n) is 7.03. The van der Waals surface area contributed by atoms with Crippen LogP contribution in [0.2, 0.25) is 5.02 Å². The molecule has 5 nitrogen and oxygen atoms in total. The number of ether oxygens (including phenoxy) is 1. The Balaban J connectivity index is 1.93. The third kappa shape index (κ3) is 3.08. The molecule has 0 spiro atoms. The van der Waals surface area contributed by atoms with Crippen LogP contribution in [-0.2, 0) is 9.53 Å². The number of aromatic amines is 1. The summed E-state index contributed by atoms with van der Waals surface area (Å²) in [6.45, 7) is 2.10. The lowest BCUT2D eigenvalue weighted by atomic mass is 9.98. The van der Waals surface area contributed by atoms with E-state index in [1.807, 2.05) is 0 Å². The Kier molecular flexibility index (Phi) is 3.92. The van der Waals surface area contributed by atoms with E-state index in [4.69, 9.17) is 16.3 Å². The largest absolute Gasteiger partial charge is 0.465 e. The van der Waals surface area contributed by atoms with Crippen LogP contribution >= 0.6 is 11.6 Å². The maximum Gasteiger partial charge on any atom is 0.321 e. The molecule has 1 aromatic carbocycles. The highest BCUT2D eigenvalue weighted by Crippen LogP contribution is 2.38. The summed E-state index contributed by atoms with van der Waals surface area (Å²) in [5.74, 6) is 0.803. The predicted molar refractivity (Wildman–Crippen MR) is 78.3 cm³/mol. The van der Waals surface area contributed by atoms with E-state index in [-0.39, 0.29) is 5.97 Å². The van der Waals surface area contributed by atoms with Crippen LogP contribution in [0.4, 0.5) is 0 Å². The van der Waals surface area contributed by atoms with Crippen molar-refractivity contribution in [3.05, 3.63) is 46.5 Å². The van der Waals surface area contributed by atoms with Crippen molar-refractivity contribution in [3.63, 3.8) is 0 Å². The highest BCUT2D eigenvalue weighted by Gasteiger charge is 2.32. The number of H-pyrrole nitrogens is 1. The third-order valence-electron chi connectivity index (χ3n) is 3.47. The Morgan fingerprint density at radius 2 is 2.14 bits per heavy atom. The number of aromatic nitrogens is 3. The molecule has 2 aromatic rings. The van der Waals surface area contributed by atoms with E-state index in [0.29, 0.717) is 23.4 Å². The van der Waals surface area contributed by atoms with Crippen LogP contribution in [0.15, 0.2) is 24.3 Å². The molecule has 6 heteroatoms. The third-order valence-corrected chi connectivity index (χ3v) is 3.72. The molecule has 0 bridgehead atoms. The van der Waals surface area contributed by atoms with Crippen molar-refractivity contribution in [2.45, 2.75) is 31.6 Å². The van der Waals surface area contributed by atoms with Crippen molar-refractivity contribution in [1.82, 2.24) is 15.2 Å². The molecule has 0 radical (unpaired) electrons. The molecule has 0 amide bonds. The van der Waals surface area contributed by atoms with Crippen molar-refractivity contribution in [2.75, 3.05) is 6.61 Å². The van der Waals surface area contributed by atoms with Gasteiger partial charge in [-0.2, -0.15) is 5.10 Å². The molecule has 1 heterocycles. The van der Waals surface area contributed by atoms with E-state index >= 15 is 0 Å². The fourth-order valence-electron chi connectivity index (χ4n) is 2.23. The van der Waals surface area contributed by atoms with Gasteiger partial charge in [-0.3, -0.25) is 9.89 Å². The molecule has 1 saturated carbocycles. The summed E-state index contributed by atoms with van der Waals surface area (Å²) in [5, 5.41) is 7.76. The molecular formula is C15H16ClN3O2. The number of esters is 1. The number of halogens is 1. The summed E-state index contributed by atoms with van der Waals surface area (Å²) in [7, 11) is 0. The van der Waals surface area contributed by atoms with Gasteiger partial charge in [0.1, 0.15) is 11.7 Å². The molecule has 3 rings (SSSR count). The first-order valence-corrected chi connectivity index (χ1v) is 7.41. The lowest BCUT2D eigenvalue weighted by Crippen LogP contribution is -2.18. The van der Waals surface area contributed by atoms with E-state index < -0.39 is 5.92 Å². The van der Waals surface area contributed by atoms with Crippen LogP contribution in [0.25, 0.3) is 0 Å². The lowest BCUT2D eigenvalue weighted by molar-refractivity contribution is -0.144. The second kappa shape index (κ2) is 5.85. The molecule has 0 saturated heterocycles. The summed E-state index contributed by atoms with van der Waals surface area (Å²) >= 11 is 5.90. The highest BCUT2D eigenvalue weighted by atomic mass is 35.5. The zero-order valence-corrected chi connectivity index (χ0v) is 12.4. The number of hydrogen-bond acceptors (Lipinski definition) is 4. The zero-order valence-electron chi connectivity index (χ0n) is 11.7. The molecule has 1 aromatic heterocycles. The van der Waals surface area contributed by atoms with Crippen molar-refractivity contribution >= 4 is 17.6 Å². The van der Waals surface area contributed by atoms with Crippen LogP contribution < -0.4 is 0 Å². The van der Waals surface area contributed by atoms with Crippen LogP contribution in [0.5, 0.6) is 0 Å². The first kappa shape index (κ1) is 14.1. The van der Waals surface area contributed by atoms with E-state index in [0.717, 1.165) is 24.2 Å².